The van der Waals surface area contributed by atoms with Crippen molar-refractivity contribution in [1.29, 1.82) is 0 Å². The van der Waals surface area contributed by atoms with Crippen molar-refractivity contribution in [3.8, 4) is 0 Å². The molecule has 0 aliphatic rings. The van der Waals surface area contributed by atoms with Crippen molar-refractivity contribution in [2.45, 2.75) is 34.1 Å². The van der Waals surface area contributed by atoms with Crippen LogP contribution >= 0.6 is 0 Å². The van der Waals surface area contributed by atoms with E-state index in [1.165, 1.54) is 0 Å². The van der Waals surface area contributed by atoms with Crippen molar-refractivity contribution in [3.05, 3.63) is 35.9 Å². The molecular formula is C16H22O2. The van der Waals surface area contributed by atoms with Gasteiger partial charge in [0.1, 0.15) is 5.78 Å². The smallest absolute Gasteiger partial charge is 0.165 e. The van der Waals surface area contributed by atoms with E-state index in [-0.39, 0.29) is 29.3 Å². The minimum absolute atomic E-state index is 0.0477. The van der Waals surface area contributed by atoms with E-state index in [1.54, 1.807) is 0 Å². The van der Waals surface area contributed by atoms with Crippen LogP contribution in [0.15, 0.2) is 30.3 Å². The van der Waals surface area contributed by atoms with Gasteiger partial charge in [0.05, 0.1) is 0 Å². The molecule has 0 amide bonds. The maximum Gasteiger partial charge on any atom is 0.165 e. The fourth-order valence-electron chi connectivity index (χ4n) is 1.85. The molecule has 1 aromatic rings. The van der Waals surface area contributed by atoms with Crippen molar-refractivity contribution in [2.24, 2.45) is 17.8 Å². The van der Waals surface area contributed by atoms with Crippen LogP contribution in [0.5, 0.6) is 0 Å². The molecule has 2 heteroatoms. The first-order chi connectivity index (χ1) is 8.43. The molecule has 2 unspecified atom stereocenters. The largest absolute Gasteiger partial charge is 0.299 e. The predicted octanol–water partition coefficient (Wildman–Crippen LogP) is 3.76. The van der Waals surface area contributed by atoms with Gasteiger partial charge in [-0.15, -0.1) is 0 Å². The number of carbonyl (C=O) groups excluding carboxylic acids is 2. The highest BCUT2D eigenvalue weighted by molar-refractivity contribution is 5.98. The van der Waals surface area contributed by atoms with Gasteiger partial charge in [-0.3, -0.25) is 9.59 Å². The molecule has 0 N–H and O–H groups in total. The van der Waals surface area contributed by atoms with E-state index < -0.39 is 0 Å². The van der Waals surface area contributed by atoms with Gasteiger partial charge in [-0.25, -0.2) is 0 Å². The van der Waals surface area contributed by atoms with E-state index in [1.807, 2.05) is 58.0 Å². The highest BCUT2D eigenvalue weighted by Gasteiger charge is 2.24. The standard InChI is InChI=1S/C16H22O2/c1-11(2)15(17)10-12(3)13(4)16(18)14-8-6-5-7-9-14/h5-9,11-13H,10H2,1-4H3. The molecule has 0 aliphatic carbocycles. The summed E-state index contributed by atoms with van der Waals surface area (Å²) >= 11 is 0. The summed E-state index contributed by atoms with van der Waals surface area (Å²) in [5, 5.41) is 0. The molecule has 0 radical (unpaired) electrons. The molecule has 0 saturated carbocycles. The Kier molecular flexibility index (Phi) is 5.26. The van der Waals surface area contributed by atoms with Gasteiger partial charge in [0.25, 0.3) is 0 Å². The lowest BCUT2D eigenvalue weighted by molar-refractivity contribution is -0.122. The molecule has 2 atom stereocenters. The van der Waals surface area contributed by atoms with E-state index >= 15 is 0 Å². The maximum absolute atomic E-state index is 12.2. The SMILES string of the molecule is CC(C)C(=O)CC(C)C(C)C(=O)c1ccccc1. The zero-order valence-corrected chi connectivity index (χ0v) is 11.6. The van der Waals surface area contributed by atoms with Gasteiger partial charge >= 0.3 is 0 Å². The Labute approximate surface area is 109 Å². The number of hydrogen-bond donors (Lipinski definition) is 0. The Bertz CT molecular complexity index is 406. The van der Waals surface area contributed by atoms with Gasteiger partial charge in [0, 0.05) is 23.8 Å². The number of carbonyl (C=O) groups is 2. The molecule has 98 valence electrons. The first-order valence-corrected chi connectivity index (χ1v) is 6.55. The number of benzene rings is 1. The average Bonchev–Trinajstić information content (AvgIpc) is 2.37. The number of Topliss-reactive ketones (excluding diaryl/α,β-unsaturated/α-hetero) is 2. The first kappa shape index (κ1) is 14.6. The van der Waals surface area contributed by atoms with Crippen molar-refractivity contribution in [2.75, 3.05) is 0 Å². The molecule has 2 nitrogen and oxygen atoms in total. The Balaban J connectivity index is 2.67. The minimum Gasteiger partial charge on any atom is -0.299 e. The second kappa shape index (κ2) is 6.48. The van der Waals surface area contributed by atoms with Crippen LogP contribution in [0.1, 0.15) is 44.5 Å². The fraction of sp³-hybridized carbons (Fsp3) is 0.500. The lowest BCUT2D eigenvalue weighted by Crippen LogP contribution is -2.23. The summed E-state index contributed by atoms with van der Waals surface area (Å²) in [6, 6.07) is 9.28. The molecule has 0 bridgehead atoms. The van der Waals surface area contributed by atoms with Gasteiger partial charge in [0.2, 0.25) is 0 Å². The monoisotopic (exact) mass is 246 g/mol. The van der Waals surface area contributed by atoms with Crippen LogP contribution in [0.25, 0.3) is 0 Å². The molecule has 0 saturated heterocycles. The van der Waals surface area contributed by atoms with Gasteiger partial charge in [0.15, 0.2) is 5.78 Å². The van der Waals surface area contributed by atoms with E-state index in [9.17, 15) is 9.59 Å². The summed E-state index contributed by atoms with van der Waals surface area (Å²) in [7, 11) is 0. The van der Waals surface area contributed by atoms with Gasteiger partial charge in [-0.1, -0.05) is 58.0 Å². The lowest BCUT2D eigenvalue weighted by atomic mass is 9.84. The normalized spacial score (nSPS) is 14.3. The first-order valence-electron chi connectivity index (χ1n) is 6.55. The highest BCUT2D eigenvalue weighted by atomic mass is 16.1. The molecule has 0 heterocycles. The zero-order chi connectivity index (χ0) is 13.7. The van der Waals surface area contributed by atoms with Gasteiger partial charge in [-0.2, -0.15) is 0 Å². The van der Waals surface area contributed by atoms with Crippen molar-refractivity contribution >= 4 is 11.6 Å². The average molecular weight is 246 g/mol. The topological polar surface area (TPSA) is 34.1 Å². The van der Waals surface area contributed by atoms with Crippen LogP contribution in [0.4, 0.5) is 0 Å². The molecular weight excluding hydrogens is 224 g/mol. The Morgan fingerprint density at radius 3 is 2.06 bits per heavy atom. The summed E-state index contributed by atoms with van der Waals surface area (Å²) in [5.41, 5.74) is 0.730. The number of hydrogen-bond acceptors (Lipinski definition) is 2. The minimum atomic E-state index is -0.116. The molecule has 0 spiro atoms. The van der Waals surface area contributed by atoms with E-state index in [4.69, 9.17) is 0 Å². The Morgan fingerprint density at radius 2 is 1.56 bits per heavy atom. The van der Waals surface area contributed by atoms with Crippen molar-refractivity contribution < 1.29 is 9.59 Å². The number of rotatable bonds is 6. The van der Waals surface area contributed by atoms with Crippen LogP contribution in [0.3, 0.4) is 0 Å². The summed E-state index contributed by atoms with van der Waals surface area (Å²) in [6.45, 7) is 7.69. The fourth-order valence-corrected chi connectivity index (χ4v) is 1.85. The van der Waals surface area contributed by atoms with E-state index in [0.717, 1.165) is 5.56 Å². The van der Waals surface area contributed by atoms with Crippen LogP contribution in [0, 0.1) is 17.8 Å². The second-order valence-electron chi connectivity index (χ2n) is 5.32. The van der Waals surface area contributed by atoms with Crippen molar-refractivity contribution in [1.82, 2.24) is 0 Å². The van der Waals surface area contributed by atoms with Crippen LogP contribution in [0.2, 0.25) is 0 Å². The number of ketones is 2. The summed E-state index contributed by atoms with van der Waals surface area (Å²) in [6.07, 6.45) is 0.484. The molecule has 0 aromatic heterocycles. The Morgan fingerprint density at radius 1 is 1.00 bits per heavy atom. The van der Waals surface area contributed by atoms with E-state index in [2.05, 4.69) is 0 Å². The molecule has 0 fully saturated rings. The Hall–Kier alpha value is -1.44. The summed E-state index contributed by atoms with van der Waals surface area (Å²) < 4.78 is 0. The molecule has 1 aromatic carbocycles. The van der Waals surface area contributed by atoms with Gasteiger partial charge < -0.3 is 0 Å². The summed E-state index contributed by atoms with van der Waals surface area (Å²) in [5.74, 6) is 0.379. The van der Waals surface area contributed by atoms with E-state index in [0.29, 0.717) is 6.42 Å². The van der Waals surface area contributed by atoms with Crippen LogP contribution < -0.4 is 0 Å². The third-order valence-corrected chi connectivity index (χ3v) is 3.49. The van der Waals surface area contributed by atoms with Gasteiger partial charge in [-0.05, 0) is 5.92 Å². The van der Waals surface area contributed by atoms with Crippen molar-refractivity contribution in [3.63, 3.8) is 0 Å². The maximum atomic E-state index is 12.2. The lowest BCUT2D eigenvalue weighted by Gasteiger charge is -2.19. The molecule has 18 heavy (non-hydrogen) atoms. The zero-order valence-electron chi connectivity index (χ0n) is 11.6. The molecule has 0 aliphatic heterocycles. The quantitative estimate of drug-likeness (QED) is 0.716. The highest BCUT2D eigenvalue weighted by Crippen LogP contribution is 2.21. The third kappa shape index (κ3) is 3.80. The predicted molar refractivity (Wildman–Crippen MR) is 73.6 cm³/mol. The van der Waals surface area contributed by atoms with Crippen LogP contribution in [-0.4, -0.2) is 11.6 Å². The second-order valence-corrected chi connectivity index (χ2v) is 5.32. The molecule has 1 rings (SSSR count). The van der Waals surface area contributed by atoms with Crippen LogP contribution in [-0.2, 0) is 4.79 Å². The third-order valence-electron chi connectivity index (χ3n) is 3.49. The summed E-state index contributed by atoms with van der Waals surface area (Å²) in [4.78, 5) is 23.9.